The van der Waals surface area contributed by atoms with E-state index >= 15 is 0 Å². The number of amides is 1. The minimum absolute atomic E-state index is 0.0620. The number of hydrogen-bond donors (Lipinski definition) is 1. The van der Waals surface area contributed by atoms with Crippen LogP contribution < -0.4 is 4.74 Å². The number of para-hydroxylation sites is 2. The second-order valence-electron chi connectivity index (χ2n) is 6.51. The average molecular weight is 303 g/mol. The molecule has 2 heterocycles. The van der Waals surface area contributed by atoms with E-state index in [1.54, 1.807) is 4.90 Å². The van der Waals surface area contributed by atoms with Gasteiger partial charge in [0.25, 0.3) is 6.01 Å². The third-order valence-corrected chi connectivity index (χ3v) is 3.44. The summed E-state index contributed by atoms with van der Waals surface area (Å²) in [6.07, 6.45) is 0.423. The highest BCUT2D eigenvalue weighted by Gasteiger charge is 2.31. The lowest BCUT2D eigenvalue weighted by Crippen LogP contribution is -2.36. The van der Waals surface area contributed by atoms with Crippen molar-refractivity contribution in [1.29, 1.82) is 0 Å². The molecule has 1 aromatic carbocycles. The van der Waals surface area contributed by atoms with Crippen molar-refractivity contribution >= 4 is 17.1 Å². The number of hydrogen-bond acceptors (Lipinski definition) is 4. The molecule has 1 saturated heterocycles. The molecule has 1 aliphatic rings. The number of nitrogens with zero attached hydrogens (tertiary/aromatic N) is 2. The molecule has 0 radical (unpaired) electrons. The van der Waals surface area contributed by atoms with Crippen molar-refractivity contribution in [3.05, 3.63) is 24.3 Å². The lowest BCUT2D eigenvalue weighted by molar-refractivity contribution is 0.0274. The Morgan fingerprint density at radius 3 is 2.86 bits per heavy atom. The van der Waals surface area contributed by atoms with Crippen LogP contribution >= 0.6 is 0 Å². The van der Waals surface area contributed by atoms with Gasteiger partial charge in [0.05, 0.1) is 17.6 Å². The van der Waals surface area contributed by atoms with Crippen LogP contribution in [0.5, 0.6) is 6.01 Å². The normalized spacial score (nSPS) is 18.7. The number of nitrogens with one attached hydrogen (secondary N) is 1. The maximum absolute atomic E-state index is 12.0. The fourth-order valence-corrected chi connectivity index (χ4v) is 2.46. The van der Waals surface area contributed by atoms with Crippen molar-refractivity contribution in [2.24, 2.45) is 0 Å². The number of benzene rings is 1. The maximum Gasteiger partial charge on any atom is 0.410 e. The second kappa shape index (κ2) is 5.51. The van der Waals surface area contributed by atoms with Crippen LogP contribution in [0.1, 0.15) is 27.2 Å². The van der Waals surface area contributed by atoms with Crippen LogP contribution in [0.4, 0.5) is 4.79 Å². The largest absolute Gasteiger partial charge is 0.460 e. The van der Waals surface area contributed by atoms with Crippen LogP contribution in [0, 0.1) is 0 Å². The van der Waals surface area contributed by atoms with E-state index < -0.39 is 5.60 Å². The molecule has 3 rings (SSSR count). The Labute approximate surface area is 129 Å². The second-order valence-corrected chi connectivity index (χ2v) is 6.51. The predicted octanol–water partition coefficient (Wildman–Crippen LogP) is 2.95. The summed E-state index contributed by atoms with van der Waals surface area (Å²) in [6.45, 7) is 6.75. The zero-order chi connectivity index (χ0) is 15.7. The smallest absolute Gasteiger partial charge is 0.410 e. The standard InChI is InChI=1S/C16H21N3O3/c1-16(2,3)22-15(20)19-9-8-11(10-19)21-14-17-12-6-4-5-7-13(12)18-14/h4-7,11H,8-10H2,1-3H3,(H,17,18). The minimum atomic E-state index is -0.477. The van der Waals surface area contributed by atoms with E-state index in [0.717, 1.165) is 17.5 Å². The molecule has 118 valence electrons. The third-order valence-electron chi connectivity index (χ3n) is 3.44. The van der Waals surface area contributed by atoms with E-state index in [2.05, 4.69) is 9.97 Å². The van der Waals surface area contributed by atoms with E-state index in [4.69, 9.17) is 9.47 Å². The van der Waals surface area contributed by atoms with Gasteiger partial charge in [0.1, 0.15) is 11.7 Å². The molecule has 0 bridgehead atoms. The monoisotopic (exact) mass is 303 g/mol. The Morgan fingerprint density at radius 2 is 2.14 bits per heavy atom. The Hall–Kier alpha value is -2.24. The fourth-order valence-electron chi connectivity index (χ4n) is 2.46. The topological polar surface area (TPSA) is 67.4 Å². The Bertz CT molecular complexity index is 642. The van der Waals surface area contributed by atoms with E-state index in [0.29, 0.717) is 19.1 Å². The first-order chi connectivity index (χ1) is 10.4. The van der Waals surface area contributed by atoms with Crippen molar-refractivity contribution in [2.75, 3.05) is 13.1 Å². The first-order valence-corrected chi connectivity index (χ1v) is 7.50. The van der Waals surface area contributed by atoms with Gasteiger partial charge in [-0.15, -0.1) is 0 Å². The molecule has 6 heteroatoms. The molecule has 1 atom stereocenters. The number of aromatic amines is 1. The summed E-state index contributed by atoms with van der Waals surface area (Å²) in [5, 5.41) is 0. The predicted molar refractivity (Wildman–Crippen MR) is 82.9 cm³/mol. The van der Waals surface area contributed by atoms with Crippen LogP contribution in [-0.2, 0) is 4.74 Å². The van der Waals surface area contributed by atoms with Gasteiger partial charge < -0.3 is 19.4 Å². The fraction of sp³-hybridized carbons (Fsp3) is 0.500. The number of imidazole rings is 1. The molecule has 0 aliphatic carbocycles. The summed E-state index contributed by atoms with van der Waals surface area (Å²) < 4.78 is 11.2. The van der Waals surface area contributed by atoms with Gasteiger partial charge in [0.15, 0.2) is 0 Å². The first-order valence-electron chi connectivity index (χ1n) is 7.50. The van der Waals surface area contributed by atoms with Gasteiger partial charge in [-0.2, -0.15) is 4.98 Å². The Kier molecular flexibility index (Phi) is 3.68. The molecule has 1 aromatic heterocycles. The number of H-pyrrole nitrogens is 1. The highest BCUT2D eigenvalue weighted by atomic mass is 16.6. The van der Waals surface area contributed by atoms with Gasteiger partial charge in [0.2, 0.25) is 0 Å². The van der Waals surface area contributed by atoms with Crippen LogP contribution in [0.3, 0.4) is 0 Å². The number of carbonyl (C=O) groups excluding carboxylic acids is 1. The maximum atomic E-state index is 12.0. The molecule has 6 nitrogen and oxygen atoms in total. The van der Waals surface area contributed by atoms with Gasteiger partial charge in [-0.1, -0.05) is 12.1 Å². The van der Waals surface area contributed by atoms with Crippen molar-refractivity contribution < 1.29 is 14.3 Å². The third kappa shape index (κ3) is 3.32. The van der Waals surface area contributed by atoms with Crippen LogP contribution in [-0.4, -0.2) is 45.8 Å². The van der Waals surface area contributed by atoms with Gasteiger partial charge in [-0.3, -0.25) is 0 Å². The molecular weight excluding hydrogens is 282 g/mol. The summed E-state index contributed by atoms with van der Waals surface area (Å²) in [7, 11) is 0. The number of rotatable bonds is 2. The molecule has 1 amide bonds. The van der Waals surface area contributed by atoms with Gasteiger partial charge >= 0.3 is 6.09 Å². The number of fused-ring (bicyclic) bond motifs is 1. The highest BCUT2D eigenvalue weighted by Crippen LogP contribution is 2.21. The van der Waals surface area contributed by atoms with E-state index in [-0.39, 0.29) is 12.2 Å². The first kappa shape index (κ1) is 14.7. The average Bonchev–Trinajstić information content (AvgIpc) is 3.02. The van der Waals surface area contributed by atoms with Gasteiger partial charge in [-0.25, -0.2) is 4.79 Å². The van der Waals surface area contributed by atoms with Crippen molar-refractivity contribution in [3.63, 3.8) is 0 Å². The molecule has 0 spiro atoms. The van der Waals surface area contributed by atoms with E-state index in [1.165, 1.54) is 0 Å². The molecule has 0 saturated carbocycles. The summed E-state index contributed by atoms with van der Waals surface area (Å²) in [5.41, 5.74) is 1.34. The molecule has 1 fully saturated rings. The van der Waals surface area contributed by atoms with Gasteiger partial charge in [-0.05, 0) is 32.9 Å². The summed E-state index contributed by atoms with van der Waals surface area (Å²) in [4.78, 5) is 21.2. The zero-order valence-electron chi connectivity index (χ0n) is 13.1. The quantitative estimate of drug-likeness (QED) is 0.926. The zero-order valence-corrected chi connectivity index (χ0v) is 13.1. The molecule has 1 unspecified atom stereocenters. The lowest BCUT2D eigenvalue weighted by atomic mass is 10.2. The van der Waals surface area contributed by atoms with Crippen molar-refractivity contribution in [3.8, 4) is 6.01 Å². The molecule has 1 N–H and O–H groups in total. The Morgan fingerprint density at radius 1 is 1.36 bits per heavy atom. The van der Waals surface area contributed by atoms with Crippen LogP contribution in [0.15, 0.2) is 24.3 Å². The SMILES string of the molecule is CC(C)(C)OC(=O)N1CCC(Oc2nc3ccccc3[nH]2)C1. The highest BCUT2D eigenvalue weighted by molar-refractivity contribution is 5.75. The van der Waals surface area contributed by atoms with Crippen LogP contribution in [0.2, 0.25) is 0 Å². The molecular formula is C16H21N3O3. The number of carbonyl (C=O) groups is 1. The molecule has 22 heavy (non-hydrogen) atoms. The molecule has 1 aliphatic heterocycles. The minimum Gasteiger partial charge on any atom is -0.460 e. The number of ether oxygens (including phenoxy) is 2. The van der Waals surface area contributed by atoms with Crippen molar-refractivity contribution in [1.82, 2.24) is 14.9 Å². The summed E-state index contributed by atoms with van der Waals surface area (Å²) >= 11 is 0. The number of likely N-dealkylation sites (tertiary alicyclic amines) is 1. The molecule has 2 aromatic rings. The number of aromatic nitrogens is 2. The van der Waals surface area contributed by atoms with Gasteiger partial charge in [0, 0.05) is 13.0 Å². The summed E-state index contributed by atoms with van der Waals surface area (Å²) in [5.74, 6) is 0. The Balaban J connectivity index is 1.60. The van der Waals surface area contributed by atoms with E-state index in [1.807, 2.05) is 45.0 Å². The van der Waals surface area contributed by atoms with Crippen LogP contribution in [0.25, 0.3) is 11.0 Å². The van der Waals surface area contributed by atoms with Crippen molar-refractivity contribution in [2.45, 2.75) is 38.9 Å². The van der Waals surface area contributed by atoms with E-state index in [9.17, 15) is 4.79 Å². The lowest BCUT2D eigenvalue weighted by Gasteiger charge is -2.24. The summed E-state index contributed by atoms with van der Waals surface area (Å²) in [6, 6.07) is 8.27.